The van der Waals surface area contributed by atoms with Crippen molar-refractivity contribution in [3.63, 3.8) is 0 Å². The Morgan fingerprint density at radius 1 is 1.00 bits per heavy atom. The fourth-order valence-corrected chi connectivity index (χ4v) is 2.83. The average Bonchev–Trinajstić information content (AvgIpc) is 2.70. The highest BCUT2D eigenvalue weighted by molar-refractivity contribution is 9.10. The molecule has 1 unspecified atom stereocenters. The zero-order chi connectivity index (χ0) is 20.5. The van der Waals surface area contributed by atoms with Gasteiger partial charge in [0, 0.05) is 0 Å². The molecule has 2 aromatic rings. The molecule has 150 valence electrons. The predicted octanol–water partition coefficient (Wildman–Crippen LogP) is 3.88. The van der Waals surface area contributed by atoms with Crippen molar-refractivity contribution < 1.29 is 19.1 Å². The highest BCUT2D eigenvalue weighted by Crippen LogP contribution is 2.29. The van der Waals surface area contributed by atoms with Gasteiger partial charge in [0.25, 0.3) is 11.8 Å². The largest absolute Gasteiger partial charge is 0.484 e. The molecule has 1 atom stereocenters. The molecule has 2 amide bonds. The number of benzene rings is 2. The van der Waals surface area contributed by atoms with Gasteiger partial charge in [0.2, 0.25) is 0 Å². The molecule has 0 aliphatic carbocycles. The summed E-state index contributed by atoms with van der Waals surface area (Å²) in [6.45, 7) is 5.83. The van der Waals surface area contributed by atoms with Crippen LogP contribution in [0.3, 0.4) is 0 Å². The molecule has 6 nitrogen and oxygen atoms in total. The van der Waals surface area contributed by atoms with Crippen molar-refractivity contribution in [3.8, 4) is 11.5 Å². The zero-order valence-corrected chi connectivity index (χ0v) is 17.8. The Labute approximate surface area is 173 Å². The summed E-state index contributed by atoms with van der Waals surface area (Å²) in [6.07, 6.45) is 1.04. The smallest absolute Gasteiger partial charge is 0.276 e. The highest BCUT2D eigenvalue weighted by Gasteiger charge is 2.10. The maximum atomic E-state index is 11.9. The number of hydrogen-bond donors (Lipinski definition) is 2. The summed E-state index contributed by atoms with van der Waals surface area (Å²) in [6, 6.07) is 13.1. The molecule has 0 saturated carbocycles. The van der Waals surface area contributed by atoms with Gasteiger partial charge in [-0.3, -0.25) is 20.4 Å². The van der Waals surface area contributed by atoms with E-state index in [1.165, 1.54) is 5.56 Å². The minimum absolute atomic E-state index is 0.202. The van der Waals surface area contributed by atoms with Gasteiger partial charge < -0.3 is 9.47 Å². The van der Waals surface area contributed by atoms with Crippen LogP contribution < -0.4 is 20.3 Å². The van der Waals surface area contributed by atoms with Crippen LogP contribution in [0.15, 0.2) is 46.9 Å². The molecule has 0 aliphatic heterocycles. The van der Waals surface area contributed by atoms with Crippen molar-refractivity contribution in [1.29, 1.82) is 0 Å². The van der Waals surface area contributed by atoms with Crippen molar-refractivity contribution in [3.05, 3.63) is 58.1 Å². The second-order valence-corrected chi connectivity index (χ2v) is 7.34. The van der Waals surface area contributed by atoms with Gasteiger partial charge in [-0.25, -0.2) is 0 Å². The van der Waals surface area contributed by atoms with Crippen LogP contribution in [-0.2, 0) is 9.59 Å². The van der Waals surface area contributed by atoms with E-state index in [1.807, 2.05) is 37.3 Å². The molecule has 0 saturated heterocycles. The van der Waals surface area contributed by atoms with E-state index >= 15 is 0 Å². The second kappa shape index (κ2) is 10.7. The topological polar surface area (TPSA) is 76.7 Å². The normalized spacial score (nSPS) is 11.4. The van der Waals surface area contributed by atoms with Gasteiger partial charge in [-0.15, -0.1) is 0 Å². The molecule has 0 heterocycles. The van der Waals surface area contributed by atoms with Crippen LogP contribution in [0.4, 0.5) is 0 Å². The van der Waals surface area contributed by atoms with E-state index < -0.39 is 11.8 Å². The summed E-state index contributed by atoms with van der Waals surface area (Å²) in [5.74, 6) is 0.665. The summed E-state index contributed by atoms with van der Waals surface area (Å²) in [7, 11) is 0. The highest BCUT2D eigenvalue weighted by atomic mass is 79.9. The SMILES string of the molecule is CCC(C)c1ccc(OCC(=O)NNC(=O)COc2ccc(C)cc2)c(Br)c1. The first kappa shape index (κ1) is 21.8. The number of hydrogen-bond acceptors (Lipinski definition) is 4. The van der Waals surface area contributed by atoms with E-state index in [-0.39, 0.29) is 13.2 Å². The first-order valence-electron chi connectivity index (χ1n) is 9.08. The molecule has 0 fully saturated rings. The number of rotatable bonds is 8. The Morgan fingerprint density at radius 3 is 2.18 bits per heavy atom. The van der Waals surface area contributed by atoms with Crippen molar-refractivity contribution in [2.75, 3.05) is 13.2 Å². The number of hydrazine groups is 1. The minimum Gasteiger partial charge on any atom is -0.484 e. The maximum Gasteiger partial charge on any atom is 0.276 e. The van der Waals surface area contributed by atoms with E-state index in [0.717, 1.165) is 16.5 Å². The maximum absolute atomic E-state index is 11.9. The third-order valence-corrected chi connectivity index (χ3v) is 4.85. The minimum atomic E-state index is -0.471. The summed E-state index contributed by atoms with van der Waals surface area (Å²) < 4.78 is 11.6. The van der Waals surface area contributed by atoms with Gasteiger partial charge >= 0.3 is 0 Å². The zero-order valence-electron chi connectivity index (χ0n) is 16.3. The number of ether oxygens (including phenoxy) is 2. The van der Waals surface area contributed by atoms with Crippen LogP contribution >= 0.6 is 15.9 Å². The molecule has 0 bridgehead atoms. The number of carbonyl (C=O) groups is 2. The van der Waals surface area contributed by atoms with E-state index in [9.17, 15) is 9.59 Å². The molecule has 2 N–H and O–H groups in total. The lowest BCUT2D eigenvalue weighted by Gasteiger charge is -2.13. The second-order valence-electron chi connectivity index (χ2n) is 6.49. The average molecular weight is 449 g/mol. The Bertz CT molecular complexity index is 809. The van der Waals surface area contributed by atoms with Gasteiger partial charge in [-0.1, -0.05) is 37.6 Å². The Balaban J connectivity index is 1.72. The van der Waals surface area contributed by atoms with E-state index in [4.69, 9.17) is 9.47 Å². The monoisotopic (exact) mass is 448 g/mol. The van der Waals surface area contributed by atoms with E-state index in [0.29, 0.717) is 17.4 Å². The summed E-state index contributed by atoms with van der Waals surface area (Å²) in [4.78, 5) is 23.6. The molecule has 2 aromatic carbocycles. The van der Waals surface area contributed by atoms with Crippen LogP contribution in [-0.4, -0.2) is 25.0 Å². The first-order chi connectivity index (χ1) is 13.4. The van der Waals surface area contributed by atoms with Crippen molar-refractivity contribution in [1.82, 2.24) is 10.9 Å². The molecule has 2 rings (SSSR count). The fourth-order valence-electron chi connectivity index (χ4n) is 2.31. The van der Waals surface area contributed by atoms with Gasteiger partial charge in [0.15, 0.2) is 13.2 Å². The van der Waals surface area contributed by atoms with E-state index in [2.05, 4.69) is 40.6 Å². The Kier molecular flexibility index (Phi) is 8.32. The number of carbonyl (C=O) groups excluding carboxylic acids is 2. The van der Waals surface area contributed by atoms with Crippen LogP contribution in [0, 0.1) is 6.92 Å². The Hall–Kier alpha value is -2.54. The first-order valence-corrected chi connectivity index (χ1v) is 9.87. The lowest BCUT2D eigenvalue weighted by molar-refractivity contribution is -0.131. The van der Waals surface area contributed by atoms with Crippen molar-refractivity contribution >= 4 is 27.7 Å². The van der Waals surface area contributed by atoms with Crippen LogP contribution in [0.2, 0.25) is 0 Å². The van der Waals surface area contributed by atoms with Crippen LogP contribution in [0.25, 0.3) is 0 Å². The number of aryl methyl sites for hydroxylation is 1. The summed E-state index contributed by atoms with van der Waals surface area (Å²) >= 11 is 3.46. The molecular weight excluding hydrogens is 424 g/mol. The van der Waals surface area contributed by atoms with Crippen LogP contribution in [0.1, 0.15) is 37.3 Å². The molecule has 28 heavy (non-hydrogen) atoms. The van der Waals surface area contributed by atoms with Crippen LogP contribution in [0.5, 0.6) is 11.5 Å². The fraction of sp³-hybridized carbons (Fsp3) is 0.333. The molecule has 7 heteroatoms. The molecule has 0 radical (unpaired) electrons. The van der Waals surface area contributed by atoms with Gasteiger partial charge in [0.05, 0.1) is 4.47 Å². The Morgan fingerprint density at radius 2 is 1.61 bits per heavy atom. The predicted molar refractivity (Wildman–Crippen MR) is 111 cm³/mol. The third kappa shape index (κ3) is 6.88. The quantitative estimate of drug-likeness (QED) is 0.600. The number of amides is 2. The summed E-state index contributed by atoms with van der Waals surface area (Å²) in [5.41, 5.74) is 6.89. The number of nitrogens with one attached hydrogen (secondary N) is 2. The van der Waals surface area contributed by atoms with Crippen molar-refractivity contribution in [2.45, 2.75) is 33.1 Å². The summed E-state index contributed by atoms with van der Waals surface area (Å²) in [5, 5.41) is 0. The number of halogens is 1. The molecule has 0 spiro atoms. The molecule has 0 aliphatic rings. The lowest BCUT2D eigenvalue weighted by atomic mass is 9.99. The molecule has 0 aromatic heterocycles. The van der Waals surface area contributed by atoms with E-state index in [1.54, 1.807) is 12.1 Å². The third-order valence-electron chi connectivity index (χ3n) is 4.23. The lowest BCUT2D eigenvalue weighted by Crippen LogP contribution is -2.45. The molecular formula is C21H25BrN2O4. The van der Waals surface area contributed by atoms with Gasteiger partial charge in [0.1, 0.15) is 11.5 Å². The van der Waals surface area contributed by atoms with Gasteiger partial charge in [-0.2, -0.15) is 0 Å². The van der Waals surface area contributed by atoms with Crippen molar-refractivity contribution in [2.24, 2.45) is 0 Å². The van der Waals surface area contributed by atoms with Gasteiger partial charge in [-0.05, 0) is 65.0 Å². The standard InChI is InChI=1S/C21H25BrN2O4/c1-4-15(3)16-7-10-19(18(22)11-16)28-13-21(26)24-23-20(25)12-27-17-8-5-14(2)6-9-17/h5-11,15H,4,12-13H2,1-3H3,(H,23,25)(H,24,26).